The molecule has 1 saturated heterocycles. The molecule has 2 heterocycles. The fourth-order valence-electron chi connectivity index (χ4n) is 3.68. The molecule has 1 aliphatic rings. The summed E-state index contributed by atoms with van der Waals surface area (Å²) in [5.74, 6) is 2.25. The van der Waals surface area contributed by atoms with Gasteiger partial charge in [0, 0.05) is 43.6 Å². The molecule has 2 aromatic carbocycles. The number of aryl methyl sites for hydroxylation is 2. The summed E-state index contributed by atoms with van der Waals surface area (Å²) in [5.41, 5.74) is 10.5. The zero-order valence-corrected chi connectivity index (χ0v) is 20.3. The molecule has 8 heteroatoms. The van der Waals surface area contributed by atoms with Crippen molar-refractivity contribution in [2.75, 3.05) is 49.2 Å². The number of benzene rings is 2. The van der Waals surface area contributed by atoms with Crippen molar-refractivity contribution in [3.63, 3.8) is 0 Å². The van der Waals surface area contributed by atoms with E-state index in [1.807, 2.05) is 32.0 Å². The molecule has 1 aliphatic heterocycles. The Kier molecular flexibility index (Phi) is 8.43. The molecular weight excluding hydrogens is 414 g/mol. The lowest BCUT2D eigenvalue weighted by molar-refractivity contribution is 0.244. The van der Waals surface area contributed by atoms with Crippen LogP contribution in [-0.4, -0.2) is 53.1 Å². The first-order valence-electron chi connectivity index (χ1n) is 11.5. The highest BCUT2D eigenvalue weighted by Crippen LogP contribution is 2.23. The van der Waals surface area contributed by atoms with Gasteiger partial charge in [-0.1, -0.05) is 26.0 Å². The van der Waals surface area contributed by atoms with Gasteiger partial charge in [0.1, 0.15) is 11.6 Å². The zero-order valence-electron chi connectivity index (χ0n) is 20.3. The Hall–Kier alpha value is -3.39. The Morgan fingerprint density at radius 1 is 0.939 bits per heavy atom. The minimum Gasteiger partial charge on any atom is -0.497 e. The SMILES string of the molecule is CC.COc1cccc(N2CCN(Cc3nc(N)nc(Nc4ccc(C)c(C)c4)n3)CC2)c1. The van der Waals surface area contributed by atoms with Crippen LogP contribution >= 0.6 is 0 Å². The summed E-state index contributed by atoms with van der Waals surface area (Å²) in [6.07, 6.45) is 0. The number of piperazine rings is 1. The maximum atomic E-state index is 5.96. The van der Waals surface area contributed by atoms with Crippen molar-refractivity contribution in [1.82, 2.24) is 19.9 Å². The Labute approximate surface area is 196 Å². The highest BCUT2D eigenvalue weighted by Gasteiger charge is 2.19. The first-order chi connectivity index (χ1) is 16.0. The quantitative estimate of drug-likeness (QED) is 0.579. The minimum atomic E-state index is 0.228. The van der Waals surface area contributed by atoms with E-state index < -0.39 is 0 Å². The van der Waals surface area contributed by atoms with Crippen LogP contribution in [0.15, 0.2) is 42.5 Å². The zero-order chi connectivity index (χ0) is 23.8. The summed E-state index contributed by atoms with van der Waals surface area (Å²) in [5, 5.41) is 3.25. The number of nitrogen functional groups attached to an aromatic ring is 1. The number of nitrogens with one attached hydrogen (secondary N) is 1. The van der Waals surface area contributed by atoms with E-state index in [0.717, 1.165) is 37.6 Å². The van der Waals surface area contributed by atoms with Gasteiger partial charge in [0.05, 0.1) is 13.7 Å². The maximum Gasteiger partial charge on any atom is 0.232 e. The molecule has 0 radical (unpaired) electrons. The van der Waals surface area contributed by atoms with Crippen LogP contribution in [0.1, 0.15) is 30.8 Å². The highest BCUT2D eigenvalue weighted by atomic mass is 16.5. The smallest absolute Gasteiger partial charge is 0.232 e. The molecule has 1 fully saturated rings. The molecule has 0 aliphatic carbocycles. The van der Waals surface area contributed by atoms with E-state index in [1.165, 1.54) is 16.8 Å². The number of hydrogen-bond acceptors (Lipinski definition) is 8. The lowest BCUT2D eigenvalue weighted by Crippen LogP contribution is -2.46. The summed E-state index contributed by atoms with van der Waals surface area (Å²) in [4.78, 5) is 17.9. The van der Waals surface area contributed by atoms with Crippen LogP contribution in [0.25, 0.3) is 0 Å². The van der Waals surface area contributed by atoms with E-state index in [0.29, 0.717) is 18.3 Å². The summed E-state index contributed by atoms with van der Waals surface area (Å²) in [6.45, 7) is 12.5. The lowest BCUT2D eigenvalue weighted by Gasteiger charge is -2.35. The number of anilines is 4. The van der Waals surface area contributed by atoms with Crippen molar-refractivity contribution in [2.45, 2.75) is 34.2 Å². The van der Waals surface area contributed by atoms with Crippen LogP contribution in [0.5, 0.6) is 5.75 Å². The average molecular weight is 450 g/mol. The van der Waals surface area contributed by atoms with Gasteiger partial charge in [-0.25, -0.2) is 0 Å². The monoisotopic (exact) mass is 449 g/mol. The molecule has 0 amide bonds. The normalized spacial score (nSPS) is 13.8. The Morgan fingerprint density at radius 2 is 1.70 bits per heavy atom. The molecule has 0 bridgehead atoms. The van der Waals surface area contributed by atoms with Crippen LogP contribution in [-0.2, 0) is 6.54 Å². The number of hydrogen-bond donors (Lipinski definition) is 2. The number of rotatable bonds is 6. The van der Waals surface area contributed by atoms with E-state index in [2.05, 4.69) is 68.2 Å². The number of nitrogens with two attached hydrogens (primary N) is 1. The molecule has 1 aromatic heterocycles. The molecule has 33 heavy (non-hydrogen) atoms. The number of ether oxygens (including phenoxy) is 1. The van der Waals surface area contributed by atoms with E-state index in [1.54, 1.807) is 7.11 Å². The average Bonchev–Trinajstić information content (AvgIpc) is 2.83. The fourth-order valence-corrected chi connectivity index (χ4v) is 3.68. The second kappa shape index (κ2) is 11.5. The van der Waals surface area contributed by atoms with E-state index in [4.69, 9.17) is 10.5 Å². The van der Waals surface area contributed by atoms with E-state index in [9.17, 15) is 0 Å². The molecule has 0 saturated carbocycles. The molecule has 4 rings (SSSR count). The van der Waals surface area contributed by atoms with Gasteiger partial charge in [-0.3, -0.25) is 4.90 Å². The predicted octanol–water partition coefficient (Wildman–Crippen LogP) is 4.17. The summed E-state index contributed by atoms with van der Waals surface area (Å²) in [6, 6.07) is 14.4. The standard InChI is InChI=1S/C23H29N7O.C2H6/c1-16-7-8-18(13-17(16)2)25-23-27-21(26-22(24)28-23)15-29-9-11-30(12-10-29)19-5-4-6-20(14-19)31-3;1-2/h4-8,13-14H,9-12,15H2,1-3H3,(H3,24,25,26,27,28);1-2H3. The first kappa shape index (κ1) is 24.3. The van der Waals surface area contributed by atoms with Gasteiger partial charge >= 0.3 is 0 Å². The van der Waals surface area contributed by atoms with Gasteiger partial charge in [0.15, 0.2) is 0 Å². The van der Waals surface area contributed by atoms with Gasteiger partial charge in [-0.05, 0) is 49.2 Å². The molecule has 176 valence electrons. The molecule has 8 nitrogen and oxygen atoms in total. The number of nitrogens with zero attached hydrogens (tertiary/aromatic N) is 5. The third-order valence-electron chi connectivity index (χ3n) is 5.62. The Bertz CT molecular complexity index is 1050. The topological polar surface area (TPSA) is 92.4 Å². The first-order valence-corrected chi connectivity index (χ1v) is 11.5. The molecule has 0 spiro atoms. The molecular formula is C25H35N7O. The maximum absolute atomic E-state index is 5.96. The predicted molar refractivity (Wildman–Crippen MR) is 135 cm³/mol. The van der Waals surface area contributed by atoms with Crippen molar-refractivity contribution >= 4 is 23.3 Å². The van der Waals surface area contributed by atoms with Crippen LogP contribution in [0.4, 0.5) is 23.3 Å². The van der Waals surface area contributed by atoms with Crippen molar-refractivity contribution in [3.8, 4) is 5.75 Å². The number of aromatic nitrogens is 3. The fraction of sp³-hybridized carbons (Fsp3) is 0.400. The Morgan fingerprint density at radius 3 is 2.39 bits per heavy atom. The van der Waals surface area contributed by atoms with Crippen molar-refractivity contribution in [3.05, 3.63) is 59.4 Å². The second-order valence-electron chi connectivity index (χ2n) is 7.82. The van der Waals surface area contributed by atoms with Crippen LogP contribution in [0.3, 0.4) is 0 Å². The van der Waals surface area contributed by atoms with Gasteiger partial charge in [0.2, 0.25) is 11.9 Å². The van der Waals surface area contributed by atoms with Crippen LogP contribution < -0.4 is 20.7 Å². The van der Waals surface area contributed by atoms with Crippen LogP contribution in [0.2, 0.25) is 0 Å². The molecule has 3 N–H and O–H groups in total. The summed E-state index contributed by atoms with van der Waals surface area (Å²) in [7, 11) is 1.70. The summed E-state index contributed by atoms with van der Waals surface area (Å²) < 4.78 is 5.35. The lowest BCUT2D eigenvalue weighted by atomic mass is 10.1. The third-order valence-corrected chi connectivity index (χ3v) is 5.62. The van der Waals surface area contributed by atoms with E-state index in [-0.39, 0.29) is 5.95 Å². The summed E-state index contributed by atoms with van der Waals surface area (Å²) >= 11 is 0. The van der Waals surface area contributed by atoms with Crippen molar-refractivity contribution in [2.24, 2.45) is 0 Å². The van der Waals surface area contributed by atoms with Crippen molar-refractivity contribution < 1.29 is 4.74 Å². The van der Waals surface area contributed by atoms with Gasteiger partial charge in [-0.15, -0.1) is 0 Å². The van der Waals surface area contributed by atoms with Gasteiger partial charge in [0.25, 0.3) is 0 Å². The third kappa shape index (κ3) is 6.55. The highest BCUT2D eigenvalue weighted by molar-refractivity contribution is 5.56. The van der Waals surface area contributed by atoms with Crippen LogP contribution in [0, 0.1) is 13.8 Å². The largest absolute Gasteiger partial charge is 0.497 e. The molecule has 3 aromatic rings. The van der Waals surface area contributed by atoms with Gasteiger partial charge < -0.3 is 20.7 Å². The molecule has 0 atom stereocenters. The van der Waals surface area contributed by atoms with E-state index >= 15 is 0 Å². The number of methoxy groups -OCH3 is 1. The molecule has 0 unspecified atom stereocenters. The van der Waals surface area contributed by atoms with Crippen molar-refractivity contribution in [1.29, 1.82) is 0 Å². The van der Waals surface area contributed by atoms with Gasteiger partial charge in [-0.2, -0.15) is 15.0 Å². The minimum absolute atomic E-state index is 0.228. The Balaban J connectivity index is 0.00000149. The second-order valence-corrected chi connectivity index (χ2v) is 7.82.